The molecule has 4 aromatic rings. The number of fused-ring (bicyclic) bond motifs is 2. The van der Waals surface area contributed by atoms with Gasteiger partial charge in [0.1, 0.15) is 28.8 Å². The van der Waals surface area contributed by atoms with E-state index in [4.69, 9.17) is 6.42 Å². The van der Waals surface area contributed by atoms with Crippen LogP contribution in [0.25, 0.3) is 22.6 Å². The van der Waals surface area contributed by atoms with Crippen LogP contribution in [0.15, 0.2) is 30.6 Å². The zero-order valence-corrected chi connectivity index (χ0v) is 17.0. The summed E-state index contributed by atoms with van der Waals surface area (Å²) >= 11 is 0. The smallest absolute Gasteiger partial charge is 0.235 e. The molecule has 158 valence electrons. The van der Waals surface area contributed by atoms with Gasteiger partial charge in [0.15, 0.2) is 11.5 Å². The van der Waals surface area contributed by atoms with Crippen molar-refractivity contribution < 1.29 is 13.6 Å². The van der Waals surface area contributed by atoms with Crippen LogP contribution in [0.4, 0.5) is 14.6 Å². The Balaban J connectivity index is 1.72. The van der Waals surface area contributed by atoms with E-state index in [-0.39, 0.29) is 41.2 Å². The first kappa shape index (κ1) is 19.7. The van der Waals surface area contributed by atoms with Crippen LogP contribution >= 0.6 is 0 Å². The number of hydrogen-bond acceptors (Lipinski definition) is 6. The molecule has 5 heterocycles. The molecule has 5 rings (SSSR count). The van der Waals surface area contributed by atoms with E-state index >= 15 is 0 Å². The van der Waals surface area contributed by atoms with Crippen molar-refractivity contribution in [3.05, 3.63) is 59.2 Å². The molecule has 0 aromatic carbocycles. The van der Waals surface area contributed by atoms with E-state index in [0.29, 0.717) is 16.6 Å². The van der Waals surface area contributed by atoms with Gasteiger partial charge in [0, 0.05) is 11.8 Å². The molecule has 1 aliphatic heterocycles. The third-order valence-electron chi connectivity index (χ3n) is 5.37. The number of pyridine rings is 2. The van der Waals surface area contributed by atoms with E-state index in [1.165, 1.54) is 29.1 Å². The van der Waals surface area contributed by atoms with Crippen molar-refractivity contribution in [1.82, 2.24) is 29.7 Å². The van der Waals surface area contributed by atoms with Crippen LogP contribution in [0.5, 0.6) is 0 Å². The Hall–Kier alpha value is -4.26. The molecule has 10 heteroatoms. The summed E-state index contributed by atoms with van der Waals surface area (Å²) in [6.45, 7) is 3.41. The molecule has 32 heavy (non-hydrogen) atoms. The van der Waals surface area contributed by atoms with Crippen molar-refractivity contribution in [2.45, 2.75) is 25.8 Å². The normalized spacial score (nSPS) is 14.3. The van der Waals surface area contributed by atoms with Crippen molar-refractivity contribution in [3.63, 3.8) is 0 Å². The third-order valence-corrected chi connectivity index (χ3v) is 5.37. The highest BCUT2D eigenvalue weighted by atomic mass is 19.1. The molecule has 1 N–H and O–H groups in total. The van der Waals surface area contributed by atoms with Gasteiger partial charge < -0.3 is 5.32 Å². The summed E-state index contributed by atoms with van der Waals surface area (Å²) in [5.74, 6) is 1.51. The highest BCUT2D eigenvalue weighted by Gasteiger charge is 2.42. The lowest BCUT2D eigenvalue weighted by atomic mass is 9.86. The molecule has 0 aliphatic carbocycles. The van der Waals surface area contributed by atoms with Crippen molar-refractivity contribution in [1.29, 1.82) is 0 Å². The molecule has 4 aromatic heterocycles. The highest BCUT2D eigenvalue weighted by Crippen LogP contribution is 2.39. The Labute approximate surface area is 180 Å². The van der Waals surface area contributed by atoms with E-state index in [1.807, 2.05) is 0 Å². The first-order valence-corrected chi connectivity index (χ1v) is 9.62. The zero-order valence-electron chi connectivity index (χ0n) is 17.0. The number of nitrogens with zero attached hydrogens (tertiary/aromatic N) is 6. The van der Waals surface area contributed by atoms with Crippen LogP contribution in [0.2, 0.25) is 0 Å². The lowest BCUT2D eigenvalue weighted by Crippen LogP contribution is -2.27. The average Bonchev–Trinajstić information content (AvgIpc) is 3.22. The van der Waals surface area contributed by atoms with E-state index < -0.39 is 17.0 Å². The van der Waals surface area contributed by atoms with Crippen LogP contribution in [0.1, 0.15) is 30.8 Å². The van der Waals surface area contributed by atoms with Gasteiger partial charge >= 0.3 is 0 Å². The number of rotatable bonds is 3. The molecule has 0 spiro atoms. The number of halogens is 2. The number of amides is 1. The number of carbonyl (C=O) groups is 1. The van der Waals surface area contributed by atoms with Gasteiger partial charge in [0.25, 0.3) is 0 Å². The average molecular weight is 431 g/mol. The molecule has 0 fully saturated rings. The molecule has 0 bridgehead atoms. The monoisotopic (exact) mass is 431 g/mol. The maximum atomic E-state index is 14.2. The Kier molecular flexibility index (Phi) is 4.23. The number of nitrogens with one attached hydrogen (secondary N) is 1. The summed E-state index contributed by atoms with van der Waals surface area (Å²) in [4.78, 5) is 29.4. The Morgan fingerprint density at radius 1 is 1.25 bits per heavy atom. The second-order valence-electron chi connectivity index (χ2n) is 7.81. The van der Waals surface area contributed by atoms with Gasteiger partial charge in [-0.3, -0.25) is 9.78 Å². The minimum Gasteiger partial charge on any atom is -0.310 e. The standard InChI is InChI=1S/C22H15F2N7O/c1-4-14-16-18(29-21(32)22(16,2)3)28-19(27-14)17-12-8-11(23)9-26-20(12)31(30-17)10-15-13(24)6-5-7-25-15/h1,5-9H,10H2,2-3H3,(H,27,28,29,32). The number of carbonyl (C=O) groups excluding carboxylic acids is 1. The van der Waals surface area contributed by atoms with Crippen LogP contribution in [0.3, 0.4) is 0 Å². The van der Waals surface area contributed by atoms with Crippen LogP contribution in [0, 0.1) is 24.0 Å². The van der Waals surface area contributed by atoms with Gasteiger partial charge in [-0.1, -0.05) is 0 Å². The minimum atomic E-state index is -0.902. The second kappa shape index (κ2) is 6.88. The summed E-state index contributed by atoms with van der Waals surface area (Å²) in [6.07, 6.45) is 8.17. The molecular weight excluding hydrogens is 416 g/mol. The molecule has 1 aliphatic rings. The molecule has 1 amide bonds. The highest BCUT2D eigenvalue weighted by molar-refractivity contribution is 6.05. The predicted molar refractivity (Wildman–Crippen MR) is 111 cm³/mol. The van der Waals surface area contributed by atoms with Crippen molar-refractivity contribution >= 4 is 22.8 Å². The van der Waals surface area contributed by atoms with Crippen molar-refractivity contribution in [2.24, 2.45) is 0 Å². The van der Waals surface area contributed by atoms with E-state index in [1.54, 1.807) is 13.8 Å². The summed E-state index contributed by atoms with van der Waals surface area (Å²) in [5, 5.41) is 7.50. The molecule has 8 nitrogen and oxygen atoms in total. The van der Waals surface area contributed by atoms with Gasteiger partial charge in [-0.05, 0) is 38.0 Å². The van der Waals surface area contributed by atoms with Gasteiger partial charge in [0.2, 0.25) is 5.91 Å². The Morgan fingerprint density at radius 2 is 2.06 bits per heavy atom. The van der Waals surface area contributed by atoms with Gasteiger partial charge in [-0.2, -0.15) is 5.10 Å². The van der Waals surface area contributed by atoms with Gasteiger partial charge in [0.05, 0.1) is 29.2 Å². The largest absolute Gasteiger partial charge is 0.310 e. The molecule has 0 radical (unpaired) electrons. The zero-order chi connectivity index (χ0) is 22.6. The van der Waals surface area contributed by atoms with E-state index in [9.17, 15) is 13.6 Å². The third kappa shape index (κ3) is 2.90. The maximum Gasteiger partial charge on any atom is 0.235 e. The molecular formula is C22H15F2N7O. The topological polar surface area (TPSA) is 98.5 Å². The number of anilines is 1. The SMILES string of the molecule is C#Cc1nc(-c2nn(Cc3ncccc3F)c3ncc(F)cc23)nc2c1C(C)(C)C(=O)N2. The quantitative estimate of drug-likeness (QED) is 0.501. The fourth-order valence-corrected chi connectivity index (χ4v) is 3.72. The first-order valence-electron chi connectivity index (χ1n) is 9.62. The van der Waals surface area contributed by atoms with Crippen LogP contribution in [-0.4, -0.2) is 35.6 Å². The number of aromatic nitrogens is 6. The summed E-state index contributed by atoms with van der Waals surface area (Å²) < 4.78 is 29.6. The predicted octanol–water partition coefficient (Wildman–Crippen LogP) is 2.82. The second-order valence-corrected chi connectivity index (χ2v) is 7.81. The molecule has 0 saturated carbocycles. The van der Waals surface area contributed by atoms with Gasteiger partial charge in [-0.25, -0.2) is 28.4 Å². The van der Waals surface area contributed by atoms with E-state index in [2.05, 4.69) is 36.3 Å². The van der Waals surface area contributed by atoms with Crippen molar-refractivity contribution in [3.8, 4) is 23.9 Å². The maximum absolute atomic E-state index is 14.2. The minimum absolute atomic E-state index is 0.0431. The van der Waals surface area contributed by atoms with E-state index in [0.717, 1.165) is 6.20 Å². The molecule has 0 saturated heterocycles. The molecule has 0 atom stereocenters. The lowest BCUT2D eigenvalue weighted by molar-refractivity contribution is -0.119. The summed E-state index contributed by atoms with van der Waals surface area (Å²) in [7, 11) is 0. The fourth-order valence-electron chi connectivity index (χ4n) is 3.72. The first-order chi connectivity index (χ1) is 15.3. The lowest BCUT2D eigenvalue weighted by Gasteiger charge is -2.15. The number of terminal acetylenes is 1. The van der Waals surface area contributed by atoms with Crippen molar-refractivity contribution in [2.75, 3.05) is 5.32 Å². The van der Waals surface area contributed by atoms with Crippen LogP contribution in [-0.2, 0) is 16.8 Å². The van der Waals surface area contributed by atoms with Gasteiger partial charge in [-0.15, -0.1) is 6.42 Å². The Morgan fingerprint density at radius 3 is 2.81 bits per heavy atom. The summed E-state index contributed by atoms with van der Waals surface area (Å²) in [5.41, 5.74) is 0.473. The summed E-state index contributed by atoms with van der Waals surface area (Å²) in [6, 6.07) is 4.01. The number of hydrogen-bond donors (Lipinski definition) is 1. The Bertz CT molecular complexity index is 1470. The molecule has 0 unspecified atom stereocenters. The van der Waals surface area contributed by atoms with Crippen LogP contribution < -0.4 is 5.32 Å². The fraction of sp³-hybridized carbons (Fsp3) is 0.182.